The van der Waals surface area contributed by atoms with Crippen LogP contribution in [0.4, 0.5) is 0 Å². The molecule has 0 fully saturated rings. The molecule has 0 aliphatic carbocycles. The number of ether oxygens (including phenoxy) is 1. The molecule has 0 spiro atoms. The van der Waals surface area contributed by atoms with Crippen LogP contribution in [-0.4, -0.2) is 40.6 Å². The number of ketones is 2. The predicted octanol–water partition coefficient (Wildman–Crippen LogP) is 3.00. The molecule has 0 aromatic carbocycles. The monoisotopic (exact) mass is 402 g/mol. The molecule has 0 aliphatic rings. The van der Waals surface area contributed by atoms with Crippen molar-refractivity contribution in [2.45, 2.75) is 53.7 Å². The van der Waals surface area contributed by atoms with Crippen molar-refractivity contribution >= 4 is 23.4 Å². The van der Waals surface area contributed by atoms with Crippen molar-refractivity contribution in [3.05, 3.63) is 46.7 Å². The van der Waals surface area contributed by atoms with E-state index >= 15 is 0 Å². The zero-order valence-electron chi connectivity index (χ0n) is 17.4. The third kappa shape index (κ3) is 4.82. The number of hydrogen-bond donors (Lipinski definition) is 2. The van der Waals surface area contributed by atoms with Gasteiger partial charge in [-0.3, -0.25) is 14.4 Å². The van der Waals surface area contributed by atoms with Gasteiger partial charge in [0, 0.05) is 11.3 Å². The Bertz CT molecular complexity index is 923. The van der Waals surface area contributed by atoms with Crippen molar-refractivity contribution < 1.29 is 28.3 Å². The molecule has 156 valence electrons. The highest BCUT2D eigenvalue weighted by Crippen LogP contribution is 2.21. The Morgan fingerprint density at radius 1 is 1.14 bits per heavy atom. The minimum atomic E-state index is -1.10. The van der Waals surface area contributed by atoms with E-state index in [1.807, 2.05) is 0 Å². The SMILES string of the molecule is CC(=O)c1c(C)[nH]c(C(=O)[C@H](C)OC(=O)[C@@H](NC(=O)c2ccco2)C(C)C)c1C. The number of carbonyl (C=O) groups excluding carboxylic acids is 4. The first-order chi connectivity index (χ1) is 13.5. The van der Waals surface area contributed by atoms with Crippen molar-refractivity contribution in [2.24, 2.45) is 5.92 Å². The highest BCUT2D eigenvalue weighted by molar-refractivity contribution is 6.05. The molecule has 2 aromatic heterocycles. The number of hydrogen-bond acceptors (Lipinski definition) is 6. The van der Waals surface area contributed by atoms with Gasteiger partial charge in [0.05, 0.1) is 12.0 Å². The maximum Gasteiger partial charge on any atom is 0.329 e. The Labute approximate surface area is 169 Å². The lowest BCUT2D eigenvalue weighted by atomic mass is 10.0. The number of carbonyl (C=O) groups is 4. The highest BCUT2D eigenvalue weighted by Gasteiger charge is 2.31. The second-order valence-electron chi connectivity index (χ2n) is 7.30. The quantitative estimate of drug-likeness (QED) is 0.518. The van der Waals surface area contributed by atoms with E-state index in [0.29, 0.717) is 16.8 Å². The molecule has 0 saturated carbocycles. The van der Waals surface area contributed by atoms with E-state index in [0.717, 1.165) is 0 Å². The molecule has 0 unspecified atom stereocenters. The number of aromatic amines is 1. The summed E-state index contributed by atoms with van der Waals surface area (Å²) in [6.45, 7) is 9.75. The van der Waals surface area contributed by atoms with Crippen LogP contribution in [0.1, 0.15) is 70.4 Å². The van der Waals surface area contributed by atoms with Gasteiger partial charge in [0.25, 0.3) is 5.91 Å². The van der Waals surface area contributed by atoms with Gasteiger partial charge in [-0.25, -0.2) is 4.79 Å². The van der Waals surface area contributed by atoms with Crippen LogP contribution in [-0.2, 0) is 9.53 Å². The number of furan rings is 1. The molecular formula is C21H26N2O6. The fraction of sp³-hybridized carbons (Fsp3) is 0.429. The van der Waals surface area contributed by atoms with Crippen LogP contribution in [0.5, 0.6) is 0 Å². The Morgan fingerprint density at radius 2 is 1.79 bits per heavy atom. The van der Waals surface area contributed by atoms with Gasteiger partial charge >= 0.3 is 5.97 Å². The summed E-state index contributed by atoms with van der Waals surface area (Å²) in [5, 5.41) is 2.57. The van der Waals surface area contributed by atoms with Crippen LogP contribution in [0.15, 0.2) is 22.8 Å². The van der Waals surface area contributed by atoms with Crippen LogP contribution in [0, 0.1) is 19.8 Å². The molecular weight excluding hydrogens is 376 g/mol. The predicted molar refractivity (Wildman–Crippen MR) is 105 cm³/mol. The summed E-state index contributed by atoms with van der Waals surface area (Å²) in [7, 11) is 0. The van der Waals surface area contributed by atoms with Gasteiger partial charge in [0.1, 0.15) is 6.04 Å². The van der Waals surface area contributed by atoms with Gasteiger partial charge in [-0.1, -0.05) is 13.8 Å². The van der Waals surface area contributed by atoms with E-state index < -0.39 is 29.8 Å². The molecule has 0 bridgehead atoms. The summed E-state index contributed by atoms with van der Waals surface area (Å²) in [5.74, 6) is -2.09. The van der Waals surface area contributed by atoms with E-state index in [1.54, 1.807) is 33.8 Å². The van der Waals surface area contributed by atoms with Crippen molar-refractivity contribution in [3.8, 4) is 0 Å². The fourth-order valence-corrected chi connectivity index (χ4v) is 3.15. The number of aryl methyl sites for hydroxylation is 1. The Balaban J connectivity index is 2.13. The number of nitrogens with one attached hydrogen (secondary N) is 2. The molecule has 29 heavy (non-hydrogen) atoms. The topological polar surface area (TPSA) is 118 Å². The van der Waals surface area contributed by atoms with Crippen LogP contribution < -0.4 is 5.32 Å². The van der Waals surface area contributed by atoms with Gasteiger partial charge in [0.15, 0.2) is 17.6 Å². The summed E-state index contributed by atoms with van der Waals surface area (Å²) in [4.78, 5) is 52.3. The Kier molecular flexibility index (Phi) is 6.79. The first kappa shape index (κ1) is 22.1. The van der Waals surface area contributed by atoms with Crippen molar-refractivity contribution in [2.75, 3.05) is 0 Å². The number of Topliss-reactive ketones (excluding diaryl/α,β-unsaturated/α-hetero) is 2. The highest BCUT2D eigenvalue weighted by atomic mass is 16.5. The number of aromatic nitrogens is 1. The molecule has 8 nitrogen and oxygen atoms in total. The molecule has 2 aromatic rings. The van der Waals surface area contributed by atoms with Crippen molar-refractivity contribution in [1.29, 1.82) is 0 Å². The number of rotatable bonds is 8. The minimum absolute atomic E-state index is 0.0711. The summed E-state index contributed by atoms with van der Waals surface area (Å²) in [5.41, 5.74) is 1.79. The summed E-state index contributed by atoms with van der Waals surface area (Å²) < 4.78 is 10.4. The zero-order valence-corrected chi connectivity index (χ0v) is 17.4. The van der Waals surface area contributed by atoms with Gasteiger partial charge < -0.3 is 19.5 Å². The van der Waals surface area contributed by atoms with Gasteiger partial charge in [0.2, 0.25) is 5.78 Å². The lowest BCUT2D eigenvalue weighted by Gasteiger charge is -2.22. The lowest BCUT2D eigenvalue weighted by Crippen LogP contribution is -2.46. The second kappa shape index (κ2) is 8.89. The number of esters is 1. The smallest absolute Gasteiger partial charge is 0.329 e. The van der Waals surface area contributed by atoms with Gasteiger partial charge in [-0.15, -0.1) is 0 Å². The average Bonchev–Trinajstić information content (AvgIpc) is 3.26. The maximum absolute atomic E-state index is 12.8. The van der Waals surface area contributed by atoms with E-state index in [1.165, 1.54) is 26.2 Å². The van der Waals surface area contributed by atoms with Gasteiger partial charge in [-0.2, -0.15) is 0 Å². The summed E-state index contributed by atoms with van der Waals surface area (Å²) in [6, 6.07) is 2.09. The van der Waals surface area contributed by atoms with Crippen LogP contribution in [0.25, 0.3) is 0 Å². The molecule has 1 amide bonds. The Morgan fingerprint density at radius 3 is 2.28 bits per heavy atom. The zero-order chi connectivity index (χ0) is 21.9. The third-order valence-electron chi connectivity index (χ3n) is 4.65. The molecule has 2 N–H and O–H groups in total. The first-order valence-electron chi connectivity index (χ1n) is 9.33. The normalized spacial score (nSPS) is 13.1. The number of H-pyrrole nitrogens is 1. The van der Waals surface area contributed by atoms with E-state index in [2.05, 4.69) is 10.3 Å². The van der Waals surface area contributed by atoms with E-state index in [9.17, 15) is 19.2 Å². The van der Waals surface area contributed by atoms with E-state index in [4.69, 9.17) is 9.15 Å². The summed E-state index contributed by atoms with van der Waals surface area (Å²) in [6.07, 6.45) is 0.259. The average molecular weight is 402 g/mol. The molecule has 2 heterocycles. The minimum Gasteiger partial charge on any atom is -0.459 e. The second-order valence-corrected chi connectivity index (χ2v) is 7.30. The van der Waals surface area contributed by atoms with Crippen LogP contribution >= 0.6 is 0 Å². The van der Waals surface area contributed by atoms with Crippen molar-refractivity contribution in [1.82, 2.24) is 10.3 Å². The van der Waals surface area contributed by atoms with Crippen LogP contribution in [0.2, 0.25) is 0 Å². The molecule has 2 rings (SSSR count). The third-order valence-corrected chi connectivity index (χ3v) is 4.65. The number of amides is 1. The Hall–Kier alpha value is -3.16. The summed E-state index contributed by atoms with van der Waals surface area (Å²) >= 11 is 0. The molecule has 2 atom stereocenters. The lowest BCUT2D eigenvalue weighted by molar-refractivity contribution is -0.149. The maximum atomic E-state index is 12.8. The molecule has 0 saturated heterocycles. The van der Waals surface area contributed by atoms with Crippen LogP contribution in [0.3, 0.4) is 0 Å². The first-order valence-corrected chi connectivity index (χ1v) is 9.33. The molecule has 0 aliphatic heterocycles. The van der Waals surface area contributed by atoms with Gasteiger partial charge in [-0.05, 0) is 51.3 Å². The largest absolute Gasteiger partial charge is 0.459 e. The standard InChI is InChI=1S/C21H26N2O6/c1-10(2)17(23-20(26)15-8-7-9-28-15)21(27)29-14(6)19(25)18-11(3)16(13(5)24)12(4)22-18/h7-10,14,17,22H,1-6H3,(H,23,26)/t14-,17-/m0/s1. The van der Waals surface area contributed by atoms with E-state index in [-0.39, 0.29) is 23.2 Å². The molecule has 0 radical (unpaired) electrons. The molecule has 8 heteroatoms. The van der Waals surface area contributed by atoms with Crippen molar-refractivity contribution in [3.63, 3.8) is 0 Å². The fourth-order valence-electron chi connectivity index (χ4n) is 3.15.